The molecule has 3 aliphatic rings. The van der Waals surface area contributed by atoms with Crippen LogP contribution in [-0.4, -0.2) is 64.4 Å². The van der Waals surface area contributed by atoms with Crippen molar-refractivity contribution in [2.75, 3.05) is 22.8 Å². The monoisotopic (exact) mass is 681 g/mol. The molecular formula is C37H43N7O4S. The topological polar surface area (TPSA) is 131 Å². The second-order valence-corrected chi connectivity index (χ2v) is 16.4. The number of carbonyl (C=O) groups is 1. The number of carbonyl (C=O) groups excluding carboxylic acids is 1. The third-order valence-corrected chi connectivity index (χ3v) is 11.2. The van der Waals surface area contributed by atoms with E-state index < -0.39 is 16.1 Å². The number of sulfonamides is 1. The van der Waals surface area contributed by atoms with Crippen molar-refractivity contribution < 1.29 is 17.9 Å². The molecule has 2 aliphatic heterocycles. The van der Waals surface area contributed by atoms with E-state index in [1.54, 1.807) is 29.3 Å². The average molecular weight is 682 g/mol. The Kier molecular flexibility index (Phi) is 8.54. The molecule has 0 spiro atoms. The second kappa shape index (κ2) is 12.7. The van der Waals surface area contributed by atoms with E-state index in [1.807, 2.05) is 38.2 Å². The number of anilines is 2. The van der Waals surface area contributed by atoms with Crippen LogP contribution in [-0.2, 0) is 16.6 Å². The molecule has 1 amide bonds. The first kappa shape index (κ1) is 32.9. The van der Waals surface area contributed by atoms with Crippen LogP contribution in [0, 0.1) is 25.2 Å². The van der Waals surface area contributed by atoms with Gasteiger partial charge in [0, 0.05) is 29.8 Å². The number of ether oxygens (including phenoxy) is 1. The molecule has 7 rings (SSSR count). The van der Waals surface area contributed by atoms with Gasteiger partial charge in [-0.15, -0.1) is 0 Å². The van der Waals surface area contributed by atoms with Gasteiger partial charge in [-0.1, -0.05) is 45.0 Å². The van der Waals surface area contributed by atoms with Gasteiger partial charge < -0.3 is 14.5 Å². The molecule has 4 bridgehead atoms. The number of rotatable bonds is 5. The van der Waals surface area contributed by atoms with Crippen LogP contribution in [0.2, 0.25) is 0 Å². The number of hydrogen-bond acceptors (Lipinski definition) is 9. The lowest BCUT2D eigenvalue weighted by Crippen LogP contribution is -2.45. The van der Waals surface area contributed by atoms with Crippen LogP contribution >= 0.6 is 0 Å². The molecule has 11 nitrogen and oxygen atoms in total. The molecule has 0 radical (unpaired) electrons. The summed E-state index contributed by atoms with van der Waals surface area (Å²) in [6, 6.07) is 13.8. The van der Waals surface area contributed by atoms with Crippen LogP contribution in [0.5, 0.6) is 5.88 Å². The zero-order valence-electron chi connectivity index (χ0n) is 28.7. The van der Waals surface area contributed by atoms with Crippen LogP contribution in [0.25, 0.3) is 11.3 Å². The number of aryl methyl sites for hydroxylation is 2. The molecule has 256 valence electrons. The summed E-state index contributed by atoms with van der Waals surface area (Å²) in [6.07, 6.45) is 7.70. The number of amides is 1. The molecule has 4 heterocycles. The number of aromatic nitrogens is 4. The Morgan fingerprint density at radius 1 is 0.959 bits per heavy atom. The summed E-state index contributed by atoms with van der Waals surface area (Å²) in [5.41, 5.74) is 4.08. The third-order valence-electron chi connectivity index (χ3n) is 9.85. The molecule has 3 atom stereocenters. The summed E-state index contributed by atoms with van der Waals surface area (Å²) in [7, 11) is -4.17. The quantitative estimate of drug-likeness (QED) is 0.262. The fraction of sp³-hybridized carbons (Fsp3) is 0.432. The number of nitrogens with zero attached hydrogens (tertiary/aromatic N) is 6. The van der Waals surface area contributed by atoms with Crippen molar-refractivity contribution in [3.05, 3.63) is 83.3 Å². The van der Waals surface area contributed by atoms with Gasteiger partial charge in [-0.3, -0.25) is 9.78 Å². The van der Waals surface area contributed by atoms with Gasteiger partial charge in [0.15, 0.2) is 0 Å². The molecule has 1 saturated carbocycles. The van der Waals surface area contributed by atoms with E-state index in [1.165, 1.54) is 18.6 Å². The molecule has 3 unspecified atom stereocenters. The zero-order valence-corrected chi connectivity index (χ0v) is 29.5. The maximum Gasteiger partial charge on any atom is 0.264 e. The van der Waals surface area contributed by atoms with Crippen molar-refractivity contribution in [1.29, 1.82) is 0 Å². The first-order valence-electron chi connectivity index (χ1n) is 16.9. The van der Waals surface area contributed by atoms with E-state index in [0.717, 1.165) is 47.8 Å². The van der Waals surface area contributed by atoms with Gasteiger partial charge in [-0.25, -0.2) is 23.1 Å². The van der Waals surface area contributed by atoms with Crippen molar-refractivity contribution in [2.24, 2.45) is 11.3 Å². The van der Waals surface area contributed by atoms with Crippen molar-refractivity contribution in [3.63, 3.8) is 0 Å². The van der Waals surface area contributed by atoms with E-state index in [2.05, 4.69) is 45.3 Å². The Balaban J connectivity index is 1.32. The molecule has 1 saturated heterocycles. The molecule has 1 N–H and O–H groups in total. The molecule has 12 heteroatoms. The van der Waals surface area contributed by atoms with E-state index in [4.69, 9.17) is 9.72 Å². The minimum absolute atomic E-state index is 0.0701. The van der Waals surface area contributed by atoms with Crippen molar-refractivity contribution in [2.45, 2.75) is 83.8 Å². The normalized spacial score (nSPS) is 21.7. The van der Waals surface area contributed by atoms with Crippen LogP contribution < -0.4 is 14.4 Å². The lowest BCUT2D eigenvalue weighted by atomic mass is 9.80. The molecule has 4 aromatic rings. The SMILES string of the molecule is Cc1cccc(C)c1-c1cc2nc(n1)NS(=O)(=O)c1cccc(c1)C(=O)N(Cc1cncc(N3CCC4CCC43)n1)C(CC(C)(C)C)CO2. The van der Waals surface area contributed by atoms with Gasteiger partial charge in [0.05, 0.1) is 41.3 Å². The third kappa shape index (κ3) is 6.83. The van der Waals surface area contributed by atoms with Gasteiger partial charge in [-0.05, 0) is 80.2 Å². The standard InChI is InChI=1S/C37H43N7O4S/c1-23-8-6-9-24(2)34(23)30-17-33-41-36(40-30)42-49(46,47)29-11-7-10-26(16-29)35(45)44(28(22-48-33)18-37(3,4)5)21-27-19-38-20-32(39-27)43-15-14-25-12-13-31(25)43/h6-11,16-17,19-20,25,28,31H,12-15,18,21-22H2,1-5H3,(H,40,41,42). The fourth-order valence-corrected chi connectivity index (χ4v) is 8.37. The highest BCUT2D eigenvalue weighted by molar-refractivity contribution is 7.92. The summed E-state index contributed by atoms with van der Waals surface area (Å²) < 4.78 is 36.4. The second-order valence-electron chi connectivity index (χ2n) is 14.7. The highest BCUT2D eigenvalue weighted by Crippen LogP contribution is 2.42. The van der Waals surface area contributed by atoms with E-state index in [9.17, 15) is 13.2 Å². The molecule has 2 aromatic carbocycles. The van der Waals surface area contributed by atoms with Gasteiger partial charge in [0.2, 0.25) is 11.8 Å². The first-order valence-corrected chi connectivity index (χ1v) is 18.4. The minimum atomic E-state index is -4.17. The Labute approximate surface area is 288 Å². The van der Waals surface area contributed by atoms with Gasteiger partial charge in [0.1, 0.15) is 12.4 Å². The van der Waals surface area contributed by atoms with E-state index in [-0.39, 0.29) is 46.8 Å². The van der Waals surface area contributed by atoms with Crippen molar-refractivity contribution in [3.8, 4) is 17.1 Å². The fourth-order valence-electron chi connectivity index (χ4n) is 7.38. The Bertz CT molecular complexity index is 1990. The van der Waals surface area contributed by atoms with Gasteiger partial charge in [0.25, 0.3) is 15.9 Å². The molecule has 1 aliphatic carbocycles. The largest absolute Gasteiger partial charge is 0.475 e. The van der Waals surface area contributed by atoms with E-state index in [0.29, 0.717) is 23.9 Å². The molecule has 49 heavy (non-hydrogen) atoms. The number of benzene rings is 2. The lowest BCUT2D eigenvalue weighted by Gasteiger charge is -2.37. The maximum atomic E-state index is 14.5. The van der Waals surface area contributed by atoms with Gasteiger partial charge >= 0.3 is 0 Å². The summed E-state index contributed by atoms with van der Waals surface area (Å²) >= 11 is 0. The summed E-state index contributed by atoms with van der Waals surface area (Å²) in [4.78, 5) is 37.3. The number of fused-ring (bicyclic) bond motifs is 5. The van der Waals surface area contributed by atoms with Crippen molar-refractivity contribution in [1.82, 2.24) is 24.8 Å². The summed E-state index contributed by atoms with van der Waals surface area (Å²) in [5, 5.41) is 0. The summed E-state index contributed by atoms with van der Waals surface area (Å²) in [5.74, 6) is 1.32. The van der Waals surface area contributed by atoms with E-state index >= 15 is 0 Å². The minimum Gasteiger partial charge on any atom is -0.475 e. The summed E-state index contributed by atoms with van der Waals surface area (Å²) in [6.45, 7) is 11.6. The van der Waals surface area contributed by atoms with Crippen LogP contribution in [0.1, 0.15) is 73.6 Å². The van der Waals surface area contributed by atoms with Crippen LogP contribution in [0.3, 0.4) is 0 Å². The van der Waals surface area contributed by atoms with Crippen LogP contribution in [0.4, 0.5) is 11.8 Å². The van der Waals surface area contributed by atoms with Gasteiger partial charge in [-0.2, -0.15) is 4.98 Å². The van der Waals surface area contributed by atoms with Crippen LogP contribution in [0.15, 0.2) is 65.8 Å². The number of hydrogen-bond donors (Lipinski definition) is 1. The Morgan fingerprint density at radius 3 is 2.45 bits per heavy atom. The van der Waals surface area contributed by atoms with Crippen molar-refractivity contribution >= 4 is 27.7 Å². The smallest absolute Gasteiger partial charge is 0.264 e. The Morgan fingerprint density at radius 2 is 1.73 bits per heavy atom. The number of nitrogens with one attached hydrogen (secondary N) is 1. The highest BCUT2D eigenvalue weighted by Gasteiger charge is 2.41. The average Bonchev–Trinajstić information content (AvgIpc) is 3.33. The zero-order chi connectivity index (χ0) is 34.5. The predicted molar refractivity (Wildman–Crippen MR) is 188 cm³/mol. The maximum absolute atomic E-state index is 14.5. The molecule has 2 fully saturated rings. The lowest BCUT2D eigenvalue weighted by molar-refractivity contribution is 0.0509. The Hall–Kier alpha value is -4.58. The first-order chi connectivity index (χ1) is 23.3. The highest BCUT2D eigenvalue weighted by atomic mass is 32.2. The predicted octanol–water partition coefficient (Wildman–Crippen LogP) is 6.18. The molecule has 2 aromatic heterocycles. The molecular weight excluding hydrogens is 639 g/mol.